The first-order valence-corrected chi connectivity index (χ1v) is 7.99. The lowest BCUT2D eigenvalue weighted by Crippen LogP contribution is -2.30. The van der Waals surface area contributed by atoms with E-state index >= 15 is 0 Å². The molecule has 1 rings (SSSR count). The van der Waals surface area contributed by atoms with E-state index in [0.29, 0.717) is 29.6 Å². The normalized spacial score (nSPS) is 12.3. The smallest absolute Gasteiger partial charge is 0.341 e. The molecule has 0 spiro atoms. The number of aryl methyl sites for hydroxylation is 1. The minimum absolute atomic E-state index is 0.140. The number of carbonyl (C=O) groups is 2. The molecule has 0 aliphatic carbocycles. The summed E-state index contributed by atoms with van der Waals surface area (Å²) < 4.78 is 5.01. The summed E-state index contributed by atoms with van der Waals surface area (Å²) in [5.41, 5.74) is 6.09. The molecule has 5 nitrogen and oxygen atoms in total. The average Bonchev–Trinajstić information content (AvgIpc) is 2.76. The second kappa shape index (κ2) is 8.14. The number of amides is 1. The number of ether oxygens (including phenoxy) is 1. The van der Waals surface area contributed by atoms with Crippen molar-refractivity contribution in [2.45, 2.75) is 34.1 Å². The molecule has 0 radical (unpaired) electrons. The molecule has 0 aliphatic rings. The summed E-state index contributed by atoms with van der Waals surface area (Å²) in [5, 5.41) is 3.37. The Hall–Kier alpha value is -1.40. The molecule has 1 aromatic rings. The highest BCUT2D eigenvalue weighted by Crippen LogP contribution is 2.29. The highest BCUT2D eigenvalue weighted by atomic mass is 32.1. The molecule has 0 aliphatic heterocycles. The Bertz CT molecular complexity index is 497. The van der Waals surface area contributed by atoms with Gasteiger partial charge in [-0.3, -0.25) is 4.79 Å². The first-order chi connectivity index (χ1) is 9.88. The number of esters is 1. The summed E-state index contributed by atoms with van der Waals surface area (Å²) in [5.74, 6) is -0.412. The van der Waals surface area contributed by atoms with Crippen molar-refractivity contribution in [3.05, 3.63) is 16.5 Å². The van der Waals surface area contributed by atoms with E-state index in [2.05, 4.69) is 19.2 Å². The molecule has 21 heavy (non-hydrogen) atoms. The van der Waals surface area contributed by atoms with E-state index in [1.165, 1.54) is 11.3 Å². The number of thiophene rings is 1. The zero-order valence-corrected chi connectivity index (χ0v) is 13.9. The predicted molar refractivity (Wildman–Crippen MR) is 85.6 cm³/mol. The lowest BCUT2D eigenvalue weighted by molar-refractivity contribution is -0.120. The van der Waals surface area contributed by atoms with Crippen LogP contribution in [0.25, 0.3) is 0 Å². The molecule has 0 fully saturated rings. The fourth-order valence-electron chi connectivity index (χ4n) is 2.06. The SMILES string of the molecule is CCOC(=O)c1cc(C)sc1NC(=O)C(CN)CC(C)C. The van der Waals surface area contributed by atoms with Crippen molar-refractivity contribution in [3.63, 3.8) is 0 Å². The van der Waals surface area contributed by atoms with Crippen molar-refractivity contribution in [2.75, 3.05) is 18.5 Å². The van der Waals surface area contributed by atoms with E-state index in [4.69, 9.17) is 10.5 Å². The number of nitrogens with two attached hydrogens (primary N) is 1. The third-order valence-electron chi connectivity index (χ3n) is 3.00. The van der Waals surface area contributed by atoms with Gasteiger partial charge in [0.2, 0.25) is 5.91 Å². The number of hydrogen-bond donors (Lipinski definition) is 2. The fraction of sp³-hybridized carbons (Fsp3) is 0.600. The minimum atomic E-state index is -0.412. The quantitative estimate of drug-likeness (QED) is 0.759. The Labute approximate surface area is 129 Å². The van der Waals surface area contributed by atoms with Crippen molar-refractivity contribution in [3.8, 4) is 0 Å². The van der Waals surface area contributed by atoms with E-state index in [9.17, 15) is 9.59 Å². The minimum Gasteiger partial charge on any atom is -0.462 e. The first-order valence-electron chi connectivity index (χ1n) is 7.17. The van der Waals surface area contributed by atoms with Gasteiger partial charge >= 0.3 is 5.97 Å². The van der Waals surface area contributed by atoms with Gasteiger partial charge in [-0.25, -0.2) is 4.79 Å². The standard InChI is InChI=1S/C15H24N2O3S/c1-5-20-15(19)12-7-10(4)21-14(12)17-13(18)11(8-16)6-9(2)3/h7,9,11H,5-6,8,16H2,1-4H3,(H,17,18). The Kier molecular flexibility index (Phi) is 6.84. The van der Waals surface area contributed by atoms with Crippen LogP contribution in [-0.4, -0.2) is 25.0 Å². The van der Waals surface area contributed by atoms with Gasteiger partial charge in [0, 0.05) is 11.4 Å². The first kappa shape index (κ1) is 17.7. The van der Waals surface area contributed by atoms with Crippen LogP contribution in [-0.2, 0) is 9.53 Å². The number of nitrogens with one attached hydrogen (secondary N) is 1. The molecule has 1 aromatic heterocycles. The van der Waals surface area contributed by atoms with Crippen molar-refractivity contribution < 1.29 is 14.3 Å². The van der Waals surface area contributed by atoms with Crippen LogP contribution in [0.1, 0.15) is 42.4 Å². The monoisotopic (exact) mass is 312 g/mol. The van der Waals surface area contributed by atoms with Crippen LogP contribution in [0.5, 0.6) is 0 Å². The number of anilines is 1. The van der Waals surface area contributed by atoms with Gasteiger partial charge in [-0.05, 0) is 32.3 Å². The molecular weight excluding hydrogens is 288 g/mol. The molecule has 0 saturated heterocycles. The van der Waals surface area contributed by atoms with Crippen LogP contribution in [0, 0.1) is 18.8 Å². The van der Waals surface area contributed by atoms with Crippen molar-refractivity contribution >= 4 is 28.2 Å². The zero-order chi connectivity index (χ0) is 16.0. The molecule has 1 heterocycles. The number of carbonyl (C=O) groups excluding carboxylic acids is 2. The van der Waals surface area contributed by atoms with Gasteiger partial charge in [-0.1, -0.05) is 13.8 Å². The fourth-order valence-corrected chi connectivity index (χ4v) is 2.96. The Morgan fingerprint density at radius 3 is 2.62 bits per heavy atom. The molecule has 1 atom stereocenters. The predicted octanol–water partition coefficient (Wildman–Crippen LogP) is 2.79. The summed E-state index contributed by atoms with van der Waals surface area (Å²) in [4.78, 5) is 25.1. The van der Waals surface area contributed by atoms with Gasteiger partial charge < -0.3 is 15.8 Å². The molecule has 0 aromatic carbocycles. The van der Waals surface area contributed by atoms with Gasteiger partial charge in [0.05, 0.1) is 18.1 Å². The average molecular weight is 312 g/mol. The van der Waals surface area contributed by atoms with Crippen molar-refractivity contribution in [1.29, 1.82) is 0 Å². The van der Waals surface area contributed by atoms with Gasteiger partial charge in [0.15, 0.2) is 0 Å². The van der Waals surface area contributed by atoms with Crippen LogP contribution < -0.4 is 11.1 Å². The number of rotatable bonds is 7. The van der Waals surface area contributed by atoms with Gasteiger partial charge in [-0.2, -0.15) is 0 Å². The summed E-state index contributed by atoms with van der Waals surface area (Å²) in [6.07, 6.45) is 0.724. The lowest BCUT2D eigenvalue weighted by atomic mass is 9.96. The van der Waals surface area contributed by atoms with E-state index in [0.717, 1.165) is 11.3 Å². The second-order valence-electron chi connectivity index (χ2n) is 5.37. The molecule has 1 unspecified atom stereocenters. The topological polar surface area (TPSA) is 81.4 Å². The summed E-state index contributed by atoms with van der Waals surface area (Å²) in [6, 6.07) is 1.73. The van der Waals surface area contributed by atoms with Crippen LogP contribution in [0.4, 0.5) is 5.00 Å². The molecule has 0 saturated carbocycles. The van der Waals surface area contributed by atoms with E-state index in [1.54, 1.807) is 13.0 Å². The number of hydrogen-bond acceptors (Lipinski definition) is 5. The molecule has 118 valence electrons. The van der Waals surface area contributed by atoms with E-state index < -0.39 is 5.97 Å². The van der Waals surface area contributed by atoms with Crippen LogP contribution in [0.15, 0.2) is 6.07 Å². The van der Waals surface area contributed by atoms with Crippen LogP contribution >= 0.6 is 11.3 Å². The van der Waals surface area contributed by atoms with E-state index in [1.807, 2.05) is 6.92 Å². The Morgan fingerprint density at radius 1 is 1.43 bits per heavy atom. The highest BCUT2D eigenvalue weighted by Gasteiger charge is 2.22. The van der Waals surface area contributed by atoms with Crippen LogP contribution in [0.2, 0.25) is 0 Å². The maximum Gasteiger partial charge on any atom is 0.341 e. The highest BCUT2D eigenvalue weighted by molar-refractivity contribution is 7.16. The van der Waals surface area contributed by atoms with Gasteiger partial charge in [0.1, 0.15) is 5.00 Å². The summed E-state index contributed by atoms with van der Waals surface area (Å²) >= 11 is 1.37. The molecular formula is C15H24N2O3S. The molecule has 6 heteroatoms. The molecule has 3 N–H and O–H groups in total. The second-order valence-corrected chi connectivity index (χ2v) is 6.63. The van der Waals surface area contributed by atoms with Gasteiger partial charge in [0.25, 0.3) is 0 Å². The summed E-state index contributed by atoms with van der Waals surface area (Å²) in [7, 11) is 0. The Balaban J connectivity index is 2.86. The third kappa shape index (κ3) is 5.13. The van der Waals surface area contributed by atoms with E-state index in [-0.39, 0.29) is 11.8 Å². The maximum absolute atomic E-state index is 12.3. The molecule has 1 amide bonds. The zero-order valence-electron chi connectivity index (χ0n) is 13.1. The third-order valence-corrected chi connectivity index (χ3v) is 3.96. The Morgan fingerprint density at radius 2 is 2.10 bits per heavy atom. The lowest BCUT2D eigenvalue weighted by Gasteiger charge is -2.16. The van der Waals surface area contributed by atoms with Crippen LogP contribution in [0.3, 0.4) is 0 Å². The largest absolute Gasteiger partial charge is 0.462 e. The van der Waals surface area contributed by atoms with Crippen molar-refractivity contribution in [1.82, 2.24) is 0 Å². The maximum atomic E-state index is 12.3. The van der Waals surface area contributed by atoms with Gasteiger partial charge in [-0.15, -0.1) is 11.3 Å². The molecule has 0 bridgehead atoms. The van der Waals surface area contributed by atoms with Crippen molar-refractivity contribution in [2.24, 2.45) is 17.6 Å². The summed E-state index contributed by atoms with van der Waals surface area (Å²) in [6.45, 7) is 8.34.